The van der Waals surface area contributed by atoms with Gasteiger partial charge in [0.2, 0.25) is 0 Å². The van der Waals surface area contributed by atoms with Gasteiger partial charge in [-0.3, -0.25) is 0 Å². The van der Waals surface area contributed by atoms with E-state index in [4.69, 9.17) is 5.11 Å². The Kier molecular flexibility index (Phi) is 9.91. The first-order valence-electron chi connectivity index (χ1n) is 9.86. The molecule has 0 aromatic heterocycles. The fourth-order valence-electron chi connectivity index (χ4n) is 3.24. The van der Waals surface area contributed by atoms with Gasteiger partial charge in [-0.15, -0.1) is 0 Å². The van der Waals surface area contributed by atoms with E-state index in [1.54, 1.807) is 6.92 Å². The second kappa shape index (κ2) is 11.2. The molecule has 0 bridgehead atoms. The lowest BCUT2D eigenvalue weighted by molar-refractivity contribution is -0.204. The fourth-order valence-corrected chi connectivity index (χ4v) is 3.24. The van der Waals surface area contributed by atoms with E-state index in [9.17, 15) is 30.6 Å². The molecule has 1 aliphatic rings. The van der Waals surface area contributed by atoms with Crippen molar-refractivity contribution in [3.63, 3.8) is 0 Å². The highest BCUT2D eigenvalue weighted by atomic mass is 16.4. The number of aliphatic hydroxyl groups is 7. The molecule has 7 heteroatoms. The summed E-state index contributed by atoms with van der Waals surface area (Å²) in [6.07, 6.45) is 0.399. The molecule has 0 heterocycles. The lowest BCUT2D eigenvalue weighted by Gasteiger charge is -2.44. The van der Waals surface area contributed by atoms with Gasteiger partial charge in [-0.05, 0) is 64.2 Å². The van der Waals surface area contributed by atoms with Crippen LogP contribution in [-0.2, 0) is 0 Å². The highest BCUT2D eigenvalue weighted by Crippen LogP contribution is 2.33. The molecule has 0 aliphatic heterocycles. The van der Waals surface area contributed by atoms with Crippen LogP contribution in [0.5, 0.6) is 0 Å². The molecule has 1 rings (SSSR count). The monoisotopic (exact) mass is 412 g/mol. The van der Waals surface area contributed by atoms with Crippen molar-refractivity contribution in [3.05, 3.63) is 46.6 Å². The summed E-state index contributed by atoms with van der Waals surface area (Å²) in [7, 11) is 0. The summed E-state index contributed by atoms with van der Waals surface area (Å²) < 4.78 is 0. The van der Waals surface area contributed by atoms with Gasteiger partial charge in [-0.25, -0.2) is 0 Å². The molecule has 0 radical (unpaired) electrons. The summed E-state index contributed by atoms with van der Waals surface area (Å²) in [5.74, 6) is 0. The molecule has 29 heavy (non-hydrogen) atoms. The summed E-state index contributed by atoms with van der Waals surface area (Å²) in [5, 5.41) is 71.0. The van der Waals surface area contributed by atoms with Gasteiger partial charge in [0.15, 0.2) is 5.60 Å². The van der Waals surface area contributed by atoms with Crippen LogP contribution in [0.1, 0.15) is 47.0 Å². The van der Waals surface area contributed by atoms with Crippen molar-refractivity contribution in [3.8, 4) is 0 Å². The lowest BCUT2D eigenvalue weighted by atomic mass is 9.75. The minimum absolute atomic E-state index is 0.0451. The summed E-state index contributed by atoms with van der Waals surface area (Å²) in [4.78, 5) is 0. The van der Waals surface area contributed by atoms with E-state index in [-0.39, 0.29) is 5.57 Å². The van der Waals surface area contributed by atoms with Crippen LogP contribution in [-0.4, -0.2) is 78.5 Å². The van der Waals surface area contributed by atoms with Gasteiger partial charge in [0.1, 0.15) is 24.4 Å². The van der Waals surface area contributed by atoms with Crippen LogP contribution in [0, 0.1) is 0 Å². The number of rotatable bonds is 9. The van der Waals surface area contributed by atoms with Crippen molar-refractivity contribution >= 4 is 0 Å². The zero-order valence-electron chi connectivity index (χ0n) is 17.7. The molecule has 0 saturated carbocycles. The van der Waals surface area contributed by atoms with Gasteiger partial charge in [0.25, 0.3) is 0 Å². The Morgan fingerprint density at radius 3 is 2.28 bits per heavy atom. The van der Waals surface area contributed by atoms with E-state index in [2.05, 4.69) is 6.08 Å². The molecule has 0 fully saturated rings. The Morgan fingerprint density at radius 2 is 1.72 bits per heavy atom. The average molecular weight is 413 g/mol. The van der Waals surface area contributed by atoms with Crippen LogP contribution in [0.25, 0.3) is 0 Å². The van der Waals surface area contributed by atoms with Crippen molar-refractivity contribution < 1.29 is 35.7 Å². The predicted molar refractivity (Wildman–Crippen MR) is 111 cm³/mol. The van der Waals surface area contributed by atoms with Gasteiger partial charge in [0, 0.05) is 0 Å². The third-order valence-electron chi connectivity index (χ3n) is 5.38. The first-order valence-corrected chi connectivity index (χ1v) is 9.86. The van der Waals surface area contributed by atoms with Crippen molar-refractivity contribution in [1.82, 2.24) is 0 Å². The maximum atomic E-state index is 10.7. The van der Waals surface area contributed by atoms with Gasteiger partial charge in [-0.1, -0.05) is 29.4 Å². The molecule has 166 valence electrons. The van der Waals surface area contributed by atoms with Crippen molar-refractivity contribution in [1.29, 1.82) is 0 Å². The van der Waals surface area contributed by atoms with Gasteiger partial charge in [-0.2, -0.15) is 0 Å². The number of hydrogen-bond donors (Lipinski definition) is 7. The SMILES string of the molecule is CC(C)=CCCC(C)=CCC(O)C(C)=CC(O)C1(O)C(O)C=C(CO)C(O)C1O. The highest BCUT2D eigenvalue weighted by molar-refractivity contribution is 5.28. The Hall–Kier alpha value is -1.32. The predicted octanol–water partition coefficient (Wildman–Crippen LogP) is 0.483. The van der Waals surface area contributed by atoms with E-state index in [1.165, 1.54) is 5.57 Å². The van der Waals surface area contributed by atoms with Gasteiger partial charge < -0.3 is 35.7 Å². The van der Waals surface area contributed by atoms with E-state index < -0.39 is 42.7 Å². The maximum absolute atomic E-state index is 10.7. The molecular weight excluding hydrogens is 376 g/mol. The van der Waals surface area contributed by atoms with Crippen molar-refractivity contribution in [2.75, 3.05) is 6.61 Å². The van der Waals surface area contributed by atoms with Gasteiger partial charge in [0.05, 0.1) is 12.7 Å². The van der Waals surface area contributed by atoms with Crippen molar-refractivity contribution in [2.24, 2.45) is 0 Å². The lowest BCUT2D eigenvalue weighted by Crippen LogP contribution is -2.65. The molecule has 7 nitrogen and oxygen atoms in total. The first-order chi connectivity index (χ1) is 13.4. The molecule has 6 atom stereocenters. The molecule has 6 unspecified atom stereocenters. The van der Waals surface area contributed by atoms with Gasteiger partial charge >= 0.3 is 0 Å². The smallest absolute Gasteiger partial charge is 0.152 e. The fraction of sp³-hybridized carbons (Fsp3) is 0.636. The second-order valence-corrected chi connectivity index (χ2v) is 8.10. The topological polar surface area (TPSA) is 142 Å². The number of aliphatic hydroxyl groups excluding tert-OH is 6. The van der Waals surface area contributed by atoms with E-state index in [0.29, 0.717) is 12.0 Å². The van der Waals surface area contributed by atoms with E-state index >= 15 is 0 Å². The largest absolute Gasteiger partial charge is 0.392 e. The molecule has 0 aromatic rings. The first kappa shape index (κ1) is 25.7. The number of hydrogen-bond acceptors (Lipinski definition) is 7. The zero-order chi connectivity index (χ0) is 22.4. The Morgan fingerprint density at radius 1 is 1.10 bits per heavy atom. The summed E-state index contributed by atoms with van der Waals surface area (Å²) in [5.41, 5.74) is 0.203. The third kappa shape index (κ3) is 6.58. The minimum Gasteiger partial charge on any atom is -0.392 e. The molecular formula is C22H36O7. The average Bonchev–Trinajstić information content (AvgIpc) is 2.66. The molecule has 0 amide bonds. The zero-order valence-corrected chi connectivity index (χ0v) is 17.7. The minimum atomic E-state index is -2.48. The van der Waals surface area contributed by atoms with Crippen LogP contribution >= 0.6 is 0 Å². The summed E-state index contributed by atoms with van der Waals surface area (Å²) in [6, 6.07) is 0. The Bertz CT molecular complexity index is 660. The normalized spacial score (nSPS) is 30.6. The Labute approximate surface area is 172 Å². The molecule has 7 N–H and O–H groups in total. The van der Waals surface area contributed by atoms with Crippen LogP contribution in [0.15, 0.2) is 46.6 Å². The quantitative estimate of drug-likeness (QED) is 0.273. The molecule has 0 saturated heterocycles. The van der Waals surface area contributed by atoms with Crippen molar-refractivity contribution in [2.45, 2.75) is 83.1 Å². The highest BCUT2D eigenvalue weighted by Gasteiger charge is 2.53. The van der Waals surface area contributed by atoms with Crippen LogP contribution in [0.2, 0.25) is 0 Å². The molecule has 1 aliphatic carbocycles. The van der Waals surface area contributed by atoms with Crippen LogP contribution in [0.3, 0.4) is 0 Å². The van der Waals surface area contributed by atoms with Crippen LogP contribution < -0.4 is 0 Å². The second-order valence-electron chi connectivity index (χ2n) is 8.10. The maximum Gasteiger partial charge on any atom is 0.152 e. The van der Waals surface area contributed by atoms with Crippen LogP contribution in [0.4, 0.5) is 0 Å². The van der Waals surface area contributed by atoms with E-state index in [0.717, 1.165) is 30.6 Å². The third-order valence-corrected chi connectivity index (χ3v) is 5.38. The molecule has 0 spiro atoms. The number of allylic oxidation sites excluding steroid dienone is 3. The summed E-state index contributed by atoms with van der Waals surface area (Å²) in [6.45, 7) is 7.01. The molecule has 0 aromatic carbocycles. The summed E-state index contributed by atoms with van der Waals surface area (Å²) >= 11 is 0. The Balaban J connectivity index is 2.85. The van der Waals surface area contributed by atoms with E-state index in [1.807, 2.05) is 26.8 Å². The standard InChI is InChI=1S/C22H36O7/c1-13(2)6-5-7-14(3)8-9-17(24)15(4)10-18(25)22(29)19(26)11-16(12-23)20(27)21(22)28/h6,8,10-11,17-21,23-29H,5,7,9,12H2,1-4H3.